The fraction of sp³-hybridized carbons (Fsp3) is 0.481. The van der Waals surface area contributed by atoms with E-state index in [4.69, 9.17) is 11.1 Å². The molecule has 2 unspecified atom stereocenters. The molecule has 1 amide bonds. The van der Waals surface area contributed by atoms with Crippen LogP contribution >= 0.6 is 0 Å². The first-order chi connectivity index (χ1) is 14.9. The molecule has 0 aromatic heterocycles. The van der Waals surface area contributed by atoms with Gasteiger partial charge in [-0.3, -0.25) is 4.79 Å². The summed E-state index contributed by atoms with van der Waals surface area (Å²) in [5.41, 5.74) is 9.50. The molecule has 1 aliphatic carbocycles. The van der Waals surface area contributed by atoms with E-state index in [-0.39, 0.29) is 23.7 Å². The van der Waals surface area contributed by atoms with Crippen molar-refractivity contribution in [2.75, 3.05) is 6.54 Å². The minimum absolute atomic E-state index is 0.0199. The second-order valence-electron chi connectivity index (χ2n) is 8.40. The van der Waals surface area contributed by atoms with Crippen LogP contribution in [-0.2, 0) is 10.3 Å². The van der Waals surface area contributed by atoms with Gasteiger partial charge in [-0.25, -0.2) is 0 Å². The van der Waals surface area contributed by atoms with Crippen molar-refractivity contribution in [1.82, 2.24) is 5.32 Å². The van der Waals surface area contributed by atoms with Crippen LogP contribution < -0.4 is 11.1 Å². The Morgan fingerprint density at radius 2 is 1.90 bits per heavy atom. The lowest BCUT2D eigenvalue weighted by Gasteiger charge is -2.39. The molecule has 31 heavy (non-hydrogen) atoms. The van der Waals surface area contributed by atoms with Crippen LogP contribution in [0.15, 0.2) is 60.2 Å². The Morgan fingerprint density at radius 1 is 1.19 bits per heavy atom. The summed E-state index contributed by atoms with van der Waals surface area (Å²) in [5, 5.41) is 12.3. The number of allylic oxidation sites excluding steroid dienone is 6. The zero-order chi connectivity index (χ0) is 23.0. The number of aryl methyl sites for hydroxylation is 1. The molecule has 0 bridgehead atoms. The molecule has 168 valence electrons. The molecule has 4 heteroatoms. The number of carbonyl (C=O) groups excluding carboxylic acids is 1. The molecule has 1 aromatic carbocycles. The number of benzene rings is 1. The monoisotopic (exact) mass is 421 g/mol. The van der Waals surface area contributed by atoms with E-state index in [0.29, 0.717) is 18.7 Å². The van der Waals surface area contributed by atoms with Crippen LogP contribution in [0.1, 0.15) is 58.1 Å². The third-order valence-electron chi connectivity index (χ3n) is 6.40. The number of nitrogens with one attached hydrogen (secondary N) is 2. The van der Waals surface area contributed by atoms with Gasteiger partial charge in [0.1, 0.15) is 0 Å². The smallest absolute Gasteiger partial charge is 0.225 e. The highest BCUT2D eigenvalue weighted by Crippen LogP contribution is 2.46. The summed E-state index contributed by atoms with van der Waals surface area (Å²) >= 11 is 0. The first kappa shape index (κ1) is 24.8. The van der Waals surface area contributed by atoms with E-state index in [2.05, 4.69) is 62.5 Å². The van der Waals surface area contributed by atoms with Crippen molar-refractivity contribution in [3.05, 3.63) is 71.3 Å². The molecule has 4 N–H and O–H groups in total. The van der Waals surface area contributed by atoms with Crippen LogP contribution in [0, 0.1) is 30.1 Å². The first-order valence-corrected chi connectivity index (χ1v) is 11.6. The number of amides is 1. The maximum atomic E-state index is 12.9. The summed E-state index contributed by atoms with van der Waals surface area (Å²) in [5.74, 6) is -0.191. The van der Waals surface area contributed by atoms with Gasteiger partial charge < -0.3 is 16.5 Å². The normalized spacial score (nSPS) is 27.1. The highest BCUT2D eigenvalue weighted by atomic mass is 16.2. The number of nitrogens with two attached hydrogens (primary N) is 1. The van der Waals surface area contributed by atoms with Gasteiger partial charge in [-0.15, -0.1) is 0 Å². The van der Waals surface area contributed by atoms with Crippen molar-refractivity contribution in [3.8, 4) is 0 Å². The van der Waals surface area contributed by atoms with Crippen molar-refractivity contribution in [2.24, 2.45) is 23.5 Å². The van der Waals surface area contributed by atoms with Crippen molar-refractivity contribution >= 4 is 11.6 Å². The summed E-state index contributed by atoms with van der Waals surface area (Å²) in [7, 11) is 0. The molecule has 3 rings (SSSR count). The molecule has 2 aliphatic rings. The molecular weight excluding hydrogens is 382 g/mol. The second-order valence-corrected chi connectivity index (χ2v) is 8.40. The van der Waals surface area contributed by atoms with Crippen LogP contribution in [-0.4, -0.2) is 18.2 Å². The average Bonchev–Trinajstić information content (AvgIpc) is 2.89. The Kier molecular flexibility index (Phi) is 9.00. The zero-order valence-electron chi connectivity index (χ0n) is 19.7. The predicted octanol–water partition coefficient (Wildman–Crippen LogP) is 5.44. The van der Waals surface area contributed by atoms with E-state index in [0.717, 1.165) is 24.0 Å². The lowest BCUT2D eigenvalue weighted by Crippen LogP contribution is -2.46. The summed E-state index contributed by atoms with van der Waals surface area (Å²) in [6.45, 7) is 10.6. The van der Waals surface area contributed by atoms with Crippen molar-refractivity contribution in [1.29, 1.82) is 5.41 Å². The fourth-order valence-corrected chi connectivity index (χ4v) is 4.93. The Balaban J connectivity index is 0.00000166. The van der Waals surface area contributed by atoms with Gasteiger partial charge >= 0.3 is 0 Å². The molecule has 1 aliphatic heterocycles. The Morgan fingerprint density at radius 3 is 2.55 bits per heavy atom. The molecule has 4 atom stereocenters. The highest BCUT2D eigenvalue weighted by Gasteiger charge is 2.53. The second kappa shape index (κ2) is 11.2. The van der Waals surface area contributed by atoms with Crippen molar-refractivity contribution in [2.45, 2.75) is 59.4 Å². The van der Waals surface area contributed by atoms with Gasteiger partial charge in [-0.05, 0) is 37.3 Å². The van der Waals surface area contributed by atoms with Crippen LogP contribution in [0.5, 0.6) is 0 Å². The molecule has 1 aromatic rings. The van der Waals surface area contributed by atoms with Crippen LogP contribution in [0.25, 0.3) is 0 Å². The van der Waals surface area contributed by atoms with Gasteiger partial charge in [0.2, 0.25) is 5.91 Å². The lowest BCUT2D eigenvalue weighted by atomic mass is 9.68. The summed E-state index contributed by atoms with van der Waals surface area (Å²) in [6, 6.07) is 8.24. The summed E-state index contributed by atoms with van der Waals surface area (Å²) in [6.07, 6.45) is 12.7. The summed E-state index contributed by atoms with van der Waals surface area (Å²) in [4.78, 5) is 12.9. The largest absolute Gasteiger partial charge is 0.346 e. The van der Waals surface area contributed by atoms with Gasteiger partial charge in [0.15, 0.2) is 0 Å². The zero-order valence-corrected chi connectivity index (χ0v) is 19.7. The van der Waals surface area contributed by atoms with Crippen molar-refractivity contribution in [3.63, 3.8) is 0 Å². The van der Waals surface area contributed by atoms with Gasteiger partial charge in [0.25, 0.3) is 0 Å². The van der Waals surface area contributed by atoms with E-state index in [1.807, 2.05) is 32.1 Å². The number of hydrogen-bond donors (Lipinski definition) is 3. The third-order valence-corrected chi connectivity index (χ3v) is 6.40. The number of hydrogen-bond acceptors (Lipinski definition) is 3. The quantitative estimate of drug-likeness (QED) is 0.513. The number of rotatable bonds is 7. The Labute approximate surface area is 188 Å². The minimum Gasteiger partial charge on any atom is -0.346 e. The maximum Gasteiger partial charge on any atom is 0.225 e. The van der Waals surface area contributed by atoms with Gasteiger partial charge in [-0.2, -0.15) is 0 Å². The Hall–Kier alpha value is -2.46. The Bertz CT molecular complexity index is 867. The number of carbonyl (C=O) groups is 1. The molecule has 1 heterocycles. The fourth-order valence-electron chi connectivity index (χ4n) is 4.93. The molecule has 1 saturated heterocycles. The molecule has 1 fully saturated rings. The molecular formula is C27H39N3O. The minimum atomic E-state index is -0.587. The van der Waals surface area contributed by atoms with Crippen LogP contribution in [0.2, 0.25) is 0 Å². The van der Waals surface area contributed by atoms with E-state index in [1.165, 1.54) is 5.57 Å². The third kappa shape index (κ3) is 5.24. The first-order valence-electron chi connectivity index (χ1n) is 11.6. The highest BCUT2D eigenvalue weighted by molar-refractivity contribution is 5.91. The summed E-state index contributed by atoms with van der Waals surface area (Å²) < 4.78 is 0. The molecule has 0 spiro atoms. The lowest BCUT2D eigenvalue weighted by molar-refractivity contribution is -0.123. The van der Waals surface area contributed by atoms with Gasteiger partial charge in [0.05, 0.1) is 11.5 Å². The standard InChI is InChI=1S/C25H33N3O.C2H6/c1-4-8-22-20(16-26)24(29)28-25(22,21-12-6-5-10-18(21)3)15-23(27)19-11-7-9-17(2)13-14-19;1-2/h5-7,9-14,19-20,22,27H,4,8,15-16,26H2,1-3H3,(H,28,29);1-2H3/t19?,20?,22-,25-;/m1./s1. The molecule has 0 radical (unpaired) electrons. The van der Waals surface area contributed by atoms with Gasteiger partial charge in [0, 0.05) is 24.6 Å². The maximum absolute atomic E-state index is 12.9. The molecule has 4 nitrogen and oxygen atoms in total. The topological polar surface area (TPSA) is 79.0 Å². The SMILES string of the molecule is CC.CCC[C@@H]1C(CN)C(=O)N[C@]1(CC(=N)C1C=CC=C(C)C=C1)c1ccccc1C. The van der Waals surface area contributed by atoms with Crippen molar-refractivity contribution < 1.29 is 4.79 Å². The van der Waals surface area contributed by atoms with E-state index in [1.54, 1.807) is 0 Å². The van der Waals surface area contributed by atoms with Gasteiger partial charge in [-0.1, -0.05) is 87.4 Å². The molecule has 0 saturated carbocycles. The average molecular weight is 422 g/mol. The van der Waals surface area contributed by atoms with E-state index < -0.39 is 5.54 Å². The van der Waals surface area contributed by atoms with Crippen LogP contribution in [0.3, 0.4) is 0 Å². The van der Waals surface area contributed by atoms with E-state index >= 15 is 0 Å². The van der Waals surface area contributed by atoms with E-state index in [9.17, 15) is 4.79 Å². The van der Waals surface area contributed by atoms with Crippen LogP contribution in [0.4, 0.5) is 0 Å². The predicted molar refractivity (Wildman–Crippen MR) is 131 cm³/mol.